The molecule has 2 N–H and O–H groups in total. The van der Waals surface area contributed by atoms with Gasteiger partial charge in [-0.25, -0.2) is 0 Å². The summed E-state index contributed by atoms with van der Waals surface area (Å²) in [4.78, 5) is 2.68. The molecule has 4 unspecified atom stereocenters. The Morgan fingerprint density at radius 3 is 2.76 bits per heavy atom. The van der Waals surface area contributed by atoms with Gasteiger partial charge in [-0.2, -0.15) is 0 Å². The van der Waals surface area contributed by atoms with E-state index in [1.54, 1.807) is 0 Å². The molecule has 100 valence electrons. The van der Waals surface area contributed by atoms with Crippen LogP contribution >= 0.6 is 0 Å². The van der Waals surface area contributed by atoms with Crippen molar-refractivity contribution < 1.29 is 0 Å². The maximum Gasteiger partial charge on any atom is 0.00795 e. The molecule has 0 spiro atoms. The van der Waals surface area contributed by atoms with Crippen LogP contribution in [-0.4, -0.2) is 30.6 Å². The van der Waals surface area contributed by atoms with Crippen molar-refractivity contribution in [2.75, 3.05) is 19.6 Å². The molecular formula is C15H30N2. The zero-order valence-electron chi connectivity index (χ0n) is 11.7. The van der Waals surface area contributed by atoms with Gasteiger partial charge in [-0.3, -0.25) is 0 Å². The third kappa shape index (κ3) is 3.69. The van der Waals surface area contributed by atoms with Gasteiger partial charge in [0.1, 0.15) is 0 Å². The Bertz CT molecular complexity index is 229. The Balaban J connectivity index is 1.83. The molecule has 1 aliphatic carbocycles. The van der Waals surface area contributed by atoms with Gasteiger partial charge in [-0.1, -0.05) is 20.3 Å². The van der Waals surface area contributed by atoms with Gasteiger partial charge in [0.05, 0.1) is 0 Å². The number of likely N-dealkylation sites (tertiary alicyclic amines) is 1. The fourth-order valence-electron chi connectivity index (χ4n) is 3.75. The summed E-state index contributed by atoms with van der Waals surface area (Å²) in [6.45, 7) is 8.61. The van der Waals surface area contributed by atoms with Crippen LogP contribution in [0.3, 0.4) is 0 Å². The molecule has 0 aromatic heterocycles. The lowest BCUT2D eigenvalue weighted by Crippen LogP contribution is -2.45. The number of rotatable bonds is 3. The monoisotopic (exact) mass is 238 g/mol. The standard InChI is InChI=1S/C15H30N2/c1-3-13-6-7-15(16)14(9-13)11-17-8-4-5-12(2)10-17/h12-15H,3-11,16H2,1-2H3. The van der Waals surface area contributed by atoms with E-state index in [1.165, 1.54) is 58.2 Å². The van der Waals surface area contributed by atoms with E-state index < -0.39 is 0 Å². The van der Waals surface area contributed by atoms with Crippen molar-refractivity contribution in [1.82, 2.24) is 4.90 Å². The van der Waals surface area contributed by atoms with Gasteiger partial charge in [-0.15, -0.1) is 0 Å². The van der Waals surface area contributed by atoms with Gasteiger partial charge in [-0.05, 0) is 56.4 Å². The molecule has 0 aromatic rings. The minimum Gasteiger partial charge on any atom is -0.327 e. The average Bonchev–Trinajstić information content (AvgIpc) is 2.32. The second-order valence-corrected chi connectivity index (χ2v) is 6.52. The lowest BCUT2D eigenvalue weighted by molar-refractivity contribution is 0.118. The van der Waals surface area contributed by atoms with E-state index in [0.717, 1.165) is 17.8 Å². The summed E-state index contributed by atoms with van der Waals surface area (Å²) in [6.07, 6.45) is 8.16. The van der Waals surface area contributed by atoms with Gasteiger partial charge >= 0.3 is 0 Å². The molecule has 1 saturated heterocycles. The summed E-state index contributed by atoms with van der Waals surface area (Å²) < 4.78 is 0. The first-order chi connectivity index (χ1) is 8.19. The molecule has 4 atom stereocenters. The molecule has 0 amide bonds. The van der Waals surface area contributed by atoms with Crippen LogP contribution in [0, 0.1) is 17.8 Å². The van der Waals surface area contributed by atoms with Crippen LogP contribution in [-0.2, 0) is 0 Å². The van der Waals surface area contributed by atoms with Crippen molar-refractivity contribution >= 4 is 0 Å². The molecular weight excluding hydrogens is 208 g/mol. The first-order valence-corrected chi connectivity index (χ1v) is 7.67. The smallest absolute Gasteiger partial charge is 0.00795 e. The molecule has 0 radical (unpaired) electrons. The van der Waals surface area contributed by atoms with Crippen LogP contribution < -0.4 is 5.73 Å². The van der Waals surface area contributed by atoms with E-state index in [2.05, 4.69) is 18.7 Å². The van der Waals surface area contributed by atoms with Gasteiger partial charge in [0.2, 0.25) is 0 Å². The van der Waals surface area contributed by atoms with Gasteiger partial charge in [0, 0.05) is 19.1 Å². The van der Waals surface area contributed by atoms with E-state index in [9.17, 15) is 0 Å². The predicted molar refractivity (Wildman–Crippen MR) is 73.9 cm³/mol. The number of hydrogen-bond donors (Lipinski definition) is 1. The summed E-state index contributed by atoms with van der Waals surface area (Å²) in [7, 11) is 0. The summed E-state index contributed by atoms with van der Waals surface area (Å²) in [5, 5.41) is 0. The number of piperidine rings is 1. The quantitative estimate of drug-likeness (QED) is 0.819. The van der Waals surface area contributed by atoms with Gasteiger partial charge in [0.25, 0.3) is 0 Å². The summed E-state index contributed by atoms with van der Waals surface area (Å²) in [6, 6.07) is 0.468. The highest BCUT2D eigenvalue weighted by molar-refractivity contribution is 4.85. The van der Waals surface area contributed by atoms with Crippen molar-refractivity contribution in [3.63, 3.8) is 0 Å². The van der Waals surface area contributed by atoms with Crippen molar-refractivity contribution in [2.24, 2.45) is 23.5 Å². The van der Waals surface area contributed by atoms with Crippen LogP contribution in [0.4, 0.5) is 0 Å². The van der Waals surface area contributed by atoms with Crippen LogP contribution in [0.15, 0.2) is 0 Å². The van der Waals surface area contributed by atoms with Gasteiger partial charge in [0.15, 0.2) is 0 Å². The number of hydrogen-bond acceptors (Lipinski definition) is 2. The van der Waals surface area contributed by atoms with Crippen molar-refractivity contribution in [2.45, 2.75) is 58.4 Å². The van der Waals surface area contributed by atoms with Crippen LogP contribution in [0.25, 0.3) is 0 Å². The zero-order valence-corrected chi connectivity index (χ0v) is 11.7. The molecule has 2 nitrogen and oxygen atoms in total. The lowest BCUT2D eigenvalue weighted by Gasteiger charge is -2.39. The molecule has 0 aromatic carbocycles. The molecule has 1 saturated carbocycles. The van der Waals surface area contributed by atoms with E-state index in [0.29, 0.717) is 6.04 Å². The van der Waals surface area contributed by atoms with E-state index in [-0.39, 0.29) is 0 Å². The lowest BCUT2D eigenvalue weighted by atomic mass is 9.77. The molecule has 2 heteroatoms. The summed E-state index contributed by atoms with van der Waals surface area (Å²) >= 11 is 0. The van der Waals surface area contributed by atoms with E-state index in [4.69, 9.17) is 5.73 Å². The maximum atomic E-state index is 6.32. The molecule has 1 aliphatic heterocycles. The highest BCUT2D eigenvalue weighted by atomic mass is 15.1. The SMILES string of the molecule is CCC1CCC(N)C(CN2CCCC(C)C2)C1. The third-order valence-electron chi connectivity index (χ3n) is 4.96. The molecule has 1 heterocycles. The summed E-state index contributed by atoms with van der Waals surface area (Å²) in [5.74, 6) is 2.60. The minimum atomic E-state index is 0.468. The van der Waals surface area contributed by atoms with Crippen LogP contribution in [0.2, 0.25) is 0 Å². The third-order valence-corrected chi connectivity index (χ3v) is 4.96. The Labute approximate surface area is 107 Å². The molecule has 2 rings (SSSR count). The Morgan fingerprint density at radius 1 is 1.24 bits per heavy atom. The summed E-state index contributed by atoms with van der Waals surface area (Å²) in [5.41, 5.74) is 6.32. The highest BCUT2D eigenvalue weighted by Gasteiger charge is 2.29. The average molecular weight is 238 g/mol. The minimum absolute atomic E-state index is 0.468. The Morgan fingerprint density at radius 2 is 2.06 bits per heavy atom. The second kappa shape index (κ2) is 6.19. The van der Waals surface area contributed by atoms with Crippen LogP contribution in [0.5, 0.6) is 0 Å². The Hall–Kier alpha value is -0.0800. The maximum absolute atomic E-state index is 6.32. The van der Waals surface area contributed by atoms with Crippen molar-refractivity contribution in [3.05, 3.63) is 0 Å². The first-order valence-electron chi connectivity index (χ1n) is 7.67. The zero-order chi connectivity index (χ0) is 12.3. The van der Waals surface area contributed by atoms with Crippen molar-refractivity contribution in [3.8, 4) is 0 Å². The highest BCUT2D eigenvalue weighted by Crippen LogP contribution is 2.31. The topological polar surface area (TPSA) is 29.3 Å². The largest absolute Gasteiger partial charge is 0.327 e. The molecule has 0 bridgehead atoms. The first kappa shape index (κ1) is 13.4. The molecule has 2 aliphatic rings. The fraction of sp³-hybridized carbons (Fsp3) is 1.00. The van der Waals surface area contributed by atoms with Gasteiger partial charge < -0.3 is 10.6 Å². The second-order valence-electron chi connectivity index (χ2n) is 6.52. The normalized spacial score (nSPS) is 40.4. The molecule has 17 heavy (non-hydrogen) atoms. The number of nitrogens with two attached hydrogens (primary N) is 1. The Kier molecular flexibility index (Phi) is 4.87. The predicted octanol–water partition coefficient (Wildman–Crippen LogP) is 2.87. The van der Waals surface area contributed by atoms with E-state index in [1.807, 2.05) is 0 Å². The molecule has 2 fully saturated rings. The van der Waals surface area contributed by atoms with E-state index >= 15 is 0 Å². The van der Waals surface area contributed by atoms with Crippen LogP contribution in [0.1, 0.15) is 52.4 Å². The number of nitrogens with zero attached hydrogens (tertiary/aromatic N) is 1. The fourth-order valence-corrected chi connectivity index (χ4v) is 3.75. The van der Waals surface area contributed by atoms with Crippen molar-refractivity contribution in [1.29, 1.82) is 0 Å².